The van der Waals surface area contributed by atoms with Crippen molar-refractivity contribution in [1.82, 2.24) is 0 Å². The van der Waals surface area contributed by atoms with Crippen LogP contribution in [0.3, 0.4) is 0 Å². The van der Waals surface area contributed by atoms with E-state index in [1.54, 1.807) is 72.8 Å². The first-order valence-electron chi connectivity index (χ1n) is 10.00. The summed E-state index contributed by atoms with van der Waals surface area (Å²) < 4.78 is 0. The third-order valence-corrected chi connectivity index (χ3v) is 5.34. The number of benzene rings is 4. The molecular weight excluding hydrogens is 420 g/mol. The Morgan fingerprint density at radius 2 is 0.667 bits per heavy atom. The predicted octanol–water partition coefficient (Wildman–Crippen LogP) is 5.78. The molecule has 0 radical (unpaired) electrons. The highest BCUT2D eigenvalue weighted by molar-refractivity contribution is 6.01. The van der Waals surface area contributed by atoms with Crippen LogP contribution in [0.25, 0.3) is 33.4 Å². The zero-order chi connectivity index (χ0) is 23.5. The third-order valence-electron chi connectivity index (χ3n) is 5.34. The molecule has 0 aromatic heterocycles. The van der Waals surface area contributed by atoms with Gasteiger partial charge in [0, 0.05) is 0 Å². The first-order valence-corrected chi connectivity index (χ1v) is 10.00. The van der Waals surface area contributed by atoms with E-state index in [-0.39, 0.29) is 16.7 Å². The van der Waals surface area contributed by atoms with Gasteiger partial charge in [-0.05, 0) is 69.8 Å². The quantitative estimate of drug-likeness (QED) is 0.352. The maximum Gasteiger partial charge on any atom is 0.336 e. The van der Waals surface area contributed by atoms with Crippen LogP contribution in [0.1, 0.15) is 31.1 Å². The van der Waals surface area contributed by atoms with Gasteiger partial charge >= 0.3 is 17.9 Å². The molecule has 3 N–H and O–H groups in total. The monoisotopic (exact) mass is 438 g/mol. The van der Waals surface area contributed by atoms with Crippen LogP contribution < -0.4 is 0 Å². The second-order valence-corrected chi connectivity index (χ2v) is 7.35. The van der Waals surface area contributed by atoms with E-state index in [4.69, 9.17) is 0 Å². The molecule has 0 aliphatic rings. The summed E-state index contributed by atoms with van der Waals surface area (Å²) in [4.78, 5) is 35.5. The normalized spacial score (nSPS) is 10.5. The van der Waals surface area contributed by atoms with E-state index in [2.05, 4.69) is 0 Å². The second-order valence-electron chi connectivity index (χ2n) is 7.35. The van der Waals surface area contributed by atoms with Crippen molar-refractivity contribution in [2.75, 3.05) is 0 Å². The Labute approximate surface area is 189 Å². The summed E-state index contributed by atoms with van der Waals surface area (Å²) in [5, 5.41) is 29.0. The minimum Gasteiger partial charge on any atom is -0.478 e. The Morgan fingerprint density at radius 1 is 0.424 bits per heavy atom. The molecule has 33 heavy (non-hydrogen) atoms. The van der Waals surface area contributed by atoms with Crippen molar-refractivity contribution in [3.05, 3.63) is 108 Å². The molecule has 162 valence electrons. The predicted molar refractivity (Wildman–Crippen MR) is 124 cm³/mol. The Hall–Kier alpha value is -4.71. The van der Waals surface area contributed by atoms with Crippen LogP contribution in [0.4, 0.5) is 0 Å². The molecule has 0 aliphatic heterocycles. The van der Waals surface area contributed by atoms with Crippen LogP contribution in [0.2, 0.25) is 0 Å². The van der Waals surface area contributed by atoms with E-state index >= 15 is 0 Å². The molecule has 0 heterocycles. The van der Waals surface area contributed by atoms with E-state index in [1.165, 1.54) is 18.2 Å². The molecule has 4 aromatic carbocycles. The number of carbonyl (C=O) groups is 3. The van der Waals surface area contributed by atoms with Crippen molar-refractivity contribution in [3.8, 4) is 33.4 Å². The van der Waals surface area contributed by atoms with Gasteiger partial charge in [-0.15, -0.1) is 0 Å². The maximum atomic E-state index is 11.8. The van der Waals surface area contributed by atoms with Gasteiger partial charge in [0.25, 0.3) is 0 Å². The van der Waals surface area contributed by atoms with Gasteiger partial charge in [0.15, 0.2) is 0 Å². The lowest BCUT2D eigenvalue weighted by Gasteiger charge is -2.15. The summed E-state index contributed by atoms with van der Waals surface area (Å²) in [7, 11) is 0. The molecule has 0 unspecified atom stereocenters. The van der Waals surface area contributed by atoms with Crippen molar-refractivity contribution >= 4 is 17.9 Å². The van der Waals surface area contributed by atoms with Crippen LogP contribution in [-0.2, 0) is 0 Å². The van der Waals surface area contributed by atoms with E-state index in [1.807, 2.05) is 0 Å². The summed E-state index contributed by atoms with van der Waals surface area (Å²) in [5.41, 5.74) is 3.15. The lowest BCUT2D eigenvalue weighted by molar-refractivity contribution is 0.0687. The van der Waals surface area contributed by atoms with Crippen molar-refractivity contribution < 1.29 is 29.7 Å². The molecule has 4 aromatic rings. The van der Waals surface area contributed by atoms with Gasteiger partial charge in [-0.1, -0.05) is 54.6 Å². The fraction of sp³-hybridized carbons (Fsp3) is 0. The molecule has 0 aliphatic carbocycles. The topological polar surface area (TPSA) is 112 Å². The SMILES string of the molecule is O=C(O)c1ccccc1-c1cc(-c2ccccc2C(=O)O)cc(-c2ccccc2C(=O)O)c1. The van der Waals surface area contributed by atoms with Crippen LogP contribution >= 0.6 is 0 Å². The lowest BCUT2D eigenvalue weighted by Crippen LogP contribution is -2.02. The summed E-state index contributed by atoms with van der Waals surface area (Å²) in [6, 6.07) is 24.6. The smallest absolute Gasteiger partial charge is 0.336 e. The Kier molecular flexibility index (Phi) is 5.74. The fourth-order valence-corrected chi connectivity index (χ4v) is 3.86. The van der Waals surface area contributed by atoms with Crippen molar-refractivity contribution in [2.24, 2.45) is 0 Å². The van der Waals surface area contributed by atoms with E-state index in [0.717, 1.165) is 0 Å². The maximum absolute atomic E-state index is 11.8. The summed E-state index contributed by atoms with van der Waals surface area (Å²) in [6.07, 6.45) is 0. The van der Waals surface area contributed by atoms with Crippen LogP contribution in [-0.4, -0.2) is 33.2 Å². The van der Waals surface area contributed by atoms with Gasteiger partial charge in [-0.3, -0.25) is 0 Å². The van der Waals surface area contributed by atoms with Crippen molar-refractivity contribution in [3.63, 3.8) is 0 Å². The molecule has 0 saturated carbocycles. The van der Waals surface area contributed by atoms with E-state index < -0.39 is 17.9 Å². The van der Waals surface area contributed by atoms with Gasteiger partial charge in [0.05, 0.1) is 16.7 Å². The van der Waals surface area contributed by atoms with Crippen molar-refractivity contribution in [2.45, 2.75) is 0 Å². The number of aromatic carboxylic acids is 3. The average Bonchev–Trinajstić information content (AvgIpc) is 2.83. The molecular formula is C27H18O6. The third kappa shape index (κ3) is 4.22. The highest BCUT2D eigenvalue weighted by Gasteiger charge is 2.18. The first-order chi connectivity index (χ1) is 15.9. The molecule has 6 heteroatoms. The molecule has 0 spiro atoms. The zero-order valence-electron chi connectivity index (χ0n) is 17.2. The van der Waals surface area contributed by atoms with Gasteiger partial charge < -0.3 is 15.3 Å². The van der Waals surface area contributed by atoms with Crippen molar-refractivity contribution in [1.29, 1.82) is 0 Å². The van der Waals surface area contributed by atoms with Crippen LogP contribution in [0, 0.1) is 0 Å². The van der Waals surface area contributed by atoms with Crippen LogP contribution in [0.15, 0.2) is 91.0 Å². The summed E-state index contributed by atoms with van der Waals surface area (Å²) in [5.74, 6) is -3.31. The van der Waals surface area contributed by atoms with Gasteiger partial charge in [0.2, 0.25) is 0 Å². The Morgan fingerprint density at radius 3 is 0.909 bits per heavy atom. The highest BCUT2D eigenvalue weighted by atomic mass is 16.4. The molecule has 6 nitrogen and oxygen atoms in total. The minimum absolute atomic E-state index is 0.0821. The Bertz CT molecular complexity index is 1220. The standard InChI is InChI=1S/C27H18O6/c28-25(29)22-10-4-1-7-19(22)16-13-17(20-8-2-5-11-23(20)26(30)31)15-18(14-16)21-9-3-6-12-24(21)27(32)33/h1-15H,(H,28,29)(H,30,31)(H,32,33). The minimum atomic E-state index is -1.10. The zero-order valence-corrected chi connectivity index (χ0v) is 17.2. The lowest BCUT2D eigenvalue weighted by atomic mass is 9.89. The van der Waals surface area contributed by atoms with E-state index in [9.17, 15) is 29.7 Å². The molecule has 4 rings (SSSR count). The summed E-state index contributed by atoms with van der Waals surface area (Å²) in [6.45, 7) is 0. The number of rotatable bonds is 6. The molecule has 0 atom stereocenters. The number of hydrogen-bond acceptors (Lipinski definition) is 3. The second kappa shape index (κ2) is 8.80. The van der Waals surface area contributed by atoms with Gasteiger partial charge in [-0.25, -0.2) is 14.4 Å². The molecule has 0 bridgehead atoms. The molecule has 0 amide bonds. The average molecular weight is 438 g/mol. The summed E-state index contributed by atoms with van der Waals surface area (Å²) >= 11 is 0. The number of carboxylic acids is 3. The Balaban J connectivity index is 2.06. The van der Waals surface area contributed by atoms with Gasteiger partial charge in [0.1, 0.15) is 0 Å². The number of carboxylic acid groups (broad SMARTS) is 3. The van der Waals surface area contributed by atoms with Crippen LogP contribution in [0.5, 0.6) is 0 Å². The van der Waals surface area contributed by atoms with E-state index in [0.29, 0.717) is 33.4 Å². The molecule has 0 saturated heterocycles. The largest absolute Gasteiger partial charge is 0.478 e. The number of hydrogen-bond donors (Lipinski definition) is 3. The highest BCUT2D eigenvalue weighted by Crippen LogP contribution is 2.36. The molecule has 0 fully saturated rings. The first kappa shape index (κ1) is 21.5. The fourth-order valence-electron chi connectivity index (χ4n) is 3.86. The van der Waals surface area contributed by atoms with Gasteiger partial charge in [-0.2, -0.15) is 0 Å².